The van der Waals surface area contributed by atoms with Gasteiger partial charge in [0.25, 0.3) is 0 Å². The Hall–Kier alpha value is -2.90. The van der Waals surface area contributed by atoms with Crippen LogP contribution in [0.5, 0.6) is 0 Å². The molecule has 0 saturated carbocycles. The first-order chi connectivity index (χ1) is 13.1. The molecule has 0 heterocycles. The van der Waals surface area contributed by atoms with E-state index in [9.17, 15) is 13.7 Å². The minimum absolute atomic E-state index is 0.212. The van der Waals surface area contributed by atoms with Crippen molar-refractivity contribution in [3.8, 4) is 6.07 Å². The highest BCUT2D eigenvalue weighted by molar-refractivity contribution is 7.92. The second kappa shape index (κ2) is 5.80. The zero-order valence-electron chi connectivity index (χ0n) is 14.5. The lowest BCUT2D eigenvalue weighted by atomic mass is 9.59. The molecule has 4 heteroatoms. The van der Waals surface area contributed by atoms with Crippen LogP contribution in [0.25, 0.3) is 0 Å². The average Bonchev–Trinajstić information content (AvgIpc) is 2.73. The highest BCUT2D eigenvalue weighted by Crippen LogP contribution is 2.57. The first kappa shape index (κ1) is 16.3. The van der Waals surface area contributed by atoms with E-state index in [1.807, 2.05) is 48.5 Å². The topological polar surface area (TPSA) is 57.9 Å². The molecule has 0 spiro atoms. The molecule has 3 aromatic carbocycles. The molecule has 0 unspecified atom stereocenters. The predicted octanol–water partition coefficient (Wildman–Crippen LogP) is 4.26. The summed E-state index contributed by atoms with van der Waals surface area (Å²) in [7, 11) is -3.66. The molecule has 0 aliphatic heterocycles. The fourth-order valence-electron chi connectivity index (χ4n) is 4.92. The maximum Gasteiger partial charge on any atom is 0.183 e. The first-order valence-corrected chi connectivity index (χ1v) is 10.6. The van der Waals surface area contributed by atoms with E-state index < -0.39 is 21.0 Å². The number of nitriles is 1. The summed E-state index contributed by atoms with van der Waals surface area (Å²) in [5, 5.41) is 9.25. The quantitative estimate of drug-likeness (QED) is 0.676. The molecular formula is C23H17NO2S. The Morgan fingerprint density at radius 2 is 1.11 bits per heavy atom. The van der Waals surface area contributed by atoms with Gasteiger partial charge in [-0.05, 0) is 34.4 Å². The Balaban J connectivity index is 1.81. The van der Waals surface area contributed by atoms with Gasteiger partial charge in [0.05, 0.1) is 22.1 Å². The van der Waals surface area contributed by atoms with Gasteiger partial charge in [-0.1, -0.05) is 66.7 Å². The molecule has 2 atom stereocenters. The van der Waals surface area contributed by atoms with Gasteiger partial charge < -0.3 is 0 Å². The minimum atomic E-state index is -3.66. The van der Waals surface area contributed by atoms with Crippen LogP contribution in [0, 0.1) is 17.2 Å². The molecule has 6 rings (SSSR count). The minimum Gasteiger partial charge on any atom is -0.223 e. The summed E-state index contributed by atoms with van der Waals surface area (Å²) >= 11 is 0. The zero-order valence-corrected chi connectivity index (χ0v) is 15.3. The van der Waals surface area contributed by atoms with E-state index in [1.54, 1.807) is 30.3 Å². The van der Waals surface area contributed by atoms with Crippen LogP contribution in [0.2, 0.25) is 0 Å². The summed E-state index contributed by atoms with van der Waals surface area (Å²) in [6.07, 6.45) is 0. The van der Waals surface area contributed by atoms with Gasteiger partial charge in [-0.3, -0.25) is 0 Å². The molecular weight excluding hydrogens is 354 g/mol. The Kier molecular flexibility index (Phi) is 3.50. The highest BCUT2D eigenvalue weighted by Gasteiger charge is 2.55. The fourth-order valence-corrected chi connectivity index (χ4v) is 7.02. The third kappa shape index (κ3) is 2.15. The molecule has 0 aromatic heterocycles. The van der Waals surface area contributed by atoms with E-state index in [0.29, 0.717) is 0 Å². The first-order valence-electron chi connectivity index (χ1n) is 9.01. The maximum atomic E-state index is 13.6. The molecule has 2 bridgehead atoms. The number of fused-ring (bicyclic) bond motifs is 1. The molecule has 0 N–H and O–H groups in total. The van der Waals surface area contributed by atoms with Crippen LogP contribution >= 0.6 is 0 Å². The van der Waals surface area contributed by atoms with Crippen molar-refractivity contribution in [1.82, 2.24) is 0 Å². The Bertz CT molecular complexity index is 1130. The number of benzene rings is 3. The van der Waals surface area contributed by atoms with Gasteiger partial charge in [0.1, 0.15) is 0 Å². The third-order valence-electron chi connectivity index (χ3n) is 5.95. The van der Waals surface area contributed by atoms with Gasteiger partial charge in [-0.15, -0.1) is 0 Å². The summed E-state index contributed by atoms with van der Waals surface area (Å²) in [5.41, 5.74) is 4.26. The fraction of sp³-hybridized carbons (Fsp3) is 0.174. The molecule has 3 aliphatic carbocycles. The summed E-state index contributed by atoms with van der Waals surface area (Å²) in [6.45, 7) is 0. The summed E-state index contributed by atoms with van der Waals surface area (Å²) < 4.78 is 27.2. The molecule has 132 valence electrons. The van der Waals surface area contributed by atoms with E-state index in [-0.39, 0.29) is 16.7 Å². The van der Waals surface area contributed by atoms with Crippen LogP contribution in [-0.2, 0) is 9.84 Å². The van der Waals surface area contributed by atoms with Crippen molar-refractivity contribution in [2.24, 2.45) is 5.92 Å². The van der Waals surface area contributed by atoms with Crippen LogP contribution in [0.3, 0.4) is 0 Å². The van der Waals surface area contributed by atoms with Gasteiger partial charge in [0, 0.05) is 11.8 Å². The lowest BCUT2D eigenvalue weighted by molar-refractivity contribution is 0.422. The van der Waals surface area contributed by atoms with Crippen LogP contribution in [0.15, 0.2) is 83.8 Å². The van der Waals surface area contributed by atoms with Crippen molar-refractivity contribution < 1.29 is 8.42 Å². The Morgan fingerprint density at radius 3 is 1.59 bits per heavy atom. The van der Waals surface area contributed by atoms with E-state index in [1.165, 1.54) is 0 Å². The van der Waals surface area contributed by atoms with Gasteiger partial charge in [0.2, 0.25) is 0 Å². The number of nitrogens with zero attached hydrogens (tertiary/aromatic N) is 1. The number of rotatable bonds is 2. The summed E-state index contributed by atoms with van der Waals surface area (Å²) in [4.78, 5) is 0.290. The van der Waals surface area contributed by atoms with Crippen molar-refractivity contribution in [1.29, 1.82) is 5.26 Å². The van der Waals surface area contributed by atoms with Gasteiger partial charge in [-0.25, -0.2) is 8.42 Å². The van der Waals surface area contributed by atoms with E-state index in [0.717, 1.165) is 22.3 Å². The molecule has 0 amide bonds. The molecule has 27 heavy (non-hydrogen) atoms. The Labute approximate surface area is 158 Å². The van der Waals surface area contributed by atoms with Gasteiger partial charge >= 0.3 is 0 Å². The van der Waals surface area contributed by atoms with Crippen molar-refractivity contribution in [2.75, 3.05) is 0 Å². The second-order valence-corrected chi connectivity index (χ2v) is 9.30. The standard InChI is InChI=1S/C23H17NO2S/c24-14-20-21-16-10-4-6-12-18(16)22(19-13-7-5-11-17(19)21)23(20)27(25,26)15-8-2-1-3-9-15/h1-13,20-23H/t20-,21?,22?,23+/m0/s1. The van der Waals surface area contributed by atoms with Crippen molar-refractivity contribution >= 4 is 9.84 Å². The average molecular weight is 371 g/mol. The van der Waals surface area contributed by atoms with Crippen molar-refractivity contribution in [3.63, 3.8) is 0 Å². The lowest BCUT2D eigenvalue weighted by Crippen LogP contribution is -2.47. The lowest BCUT2D eigenvalue weighted by Gasteiger charge is -2.47. The molecule has 3 aromatic rings. The molecule has 0 saturated heterocycles. The van der Waals surface area contributed by atoms with Crippen LogP contribution in [0.4, 0.5) is 0 Å². The molecule has 3 aliphatic rings. The van der Waals surface area contributed by atoms with Crippen LogP contribution in [-0.4, -0.2) is 13.7 Å². The van der Waals surface area contributed by atoms with E-state index in [4.69, 9.17) is 0 Å². The van der Waals surface area contributed by atoms with Gasteiger partial charge in [0.15, 0.2) is 9.84 Å². The normalized spacial score (nSPS) is 25.3. The highest BCUT2D eigenvalue weighted by atomic mass is 32.2. The summed E-state index contributed by atoms with van der Waals surface area (Å²) in [5.74, 6) is -1.14. The number of hydrogen-bond acceptors (Lipinski definition) is 3. The van der Waals surface area contributed by atoms with E-state index in [2.05, 4.69) is 6.07 Å². The van der Waals surface area contributed by atoms with E-state index >= 15 is 0 Å². The second-order valence-electron chi connectivity index (χ2n) is 7.19. The maximum absolute atomic E-state index is 13.6. The van der Waals surface area contributed by atoms with Crippen LogP contribution < -0.4 is 0 Å². The molecule has 3 nitrogen and oxygen atoms in total. The molecule has 0 radical (unpaired) electrons. The Morgan fingerprint density at radius 1 is 0.667 bits per heavy atom. The third-order valence-corrected chi connectivity index (χ3v) is 8.16. The zero-order chi connectivity index (χ0) is 18.6. The van der Waals surface area contributed by atoms with Crippen molar-refractivity contribution in [2.45, 2.75) is 22.0 Å². The van der Waals surface area contributed by atoms with Crippen molar-refractivity contribution in [3.05, 3.63) is 101 Å². The molecule has 0 fully saturated rings. The monoisotopic (exact) mass is 371 g/mol. The summed E-state index contributed by atoms with van der Waals surface area (Å²) in [6, 6.07) is 26.9. The SMILES string of the molecule is N#C[C@H]1C2c3ccccc3C(c3ccccc32)[C@@H]1S(=O)(=O)c1ccccc1. The number of hydrogen-bond donors (Lipinski definition) is 0. The number of sulfone groups is 1. The smallest absolute Gasteiger partial charge is 0.183 e. The van der Waals surface area contributed by atoms with Crippen LogP contribution in [0.1, 0.15) is 34.1 Å². The largest absolute Gasteiger partial charge is 0.223 e. The predicted molar refractivity (Wildman–Crippen MR) is 103 cm³/mol. The van der Waals surface area contributed by atoms with Gasteiger partial charge in [-0.2, -0.15) is 5.26 Å².